The summed E-state index contributed by atoms with van der Waals surface area (Å²) in [6.07, 6.45) is 1.90. The number of hydrogen-bond donors (Lipinski definition) is 1. The third-order valence-electron chi connectivity index (χ3n) is 2.02. The molecule has 0 saturated heterocycles. The van der Waals surface area contributed by atoms with Crippen molar-refractivity contribution in [2.75, 3.05) is 12.0 Å². The summed E-state index contributed by atoms with van der Waals surface area (Å²) in [5.41, 5.74) is 0.952. The second kappa shape index (κ2) is 6.03. The minimum Gasteiger partial charge on any atom is -0.349 e. The molecule has 0 aliphatic carbocycles. The van der Waals surface area contributed by atoms with Crippen molar-refractivity contribution in [1.82, 2.24) is 5.32 Å². The fraction of sp³-hybridized carbons (Fsp3) is 0.364. The number of carbonyl (C=O) groups is 1. The molecule has 1 atom stereocenters. The predicted octanol–water partition coefficient (Wildman–Crippen LogP) is 2.88. The van der Waals surface area contributed by atoms with Crippen molar-refractivity contribution < 1.29 is 4.79 Å². The number of nitrogens with one attached hydrogen (secondary N) is 1. The van der Waals surface area contributed by atoms with Crippen molar-refractivity contribution >= 4 is 29.3 Å². The highest BCUT2D eigenvalue weighted by Gasteiger charge is 2.11. The number of rotatable bonds is 4. The lowest BCUT2D eigenvalue weighted by Crippen LogP contribution is -2.28. The molecule has 0 aliphatic rings. The highest BCUT2D eigenvalue weighted by molar-refractivity contribution is 7.99. The first-order valence-electron chi connectivity index (χ1n) is 4.68. The van der Waals surface area contributed by atoms with Gasteiger partial charge in [0.05, 0.1) is 11.8 Å². The Bertz CT molecular complexity index is 343. The first-order chi connectivity index (χ1) is 7.15. The van der Waals surface area contributed by atoms with Crippen LogP contribution in [-0.4, -0.2) is 17.9 Å². The minimum absolute atomic E-state index is 0.0370. The third-order valence-corrected chi connectivity index (χ3v) is 2.92. The molecule has 1 amide bonds. The van der Waals surface area contributed by atoms with E-state index in [9.17, 15) is 4.79 Å². The number of benzene rings is 1. The monoisotopic (exact) mass is 243 g/mol. The molecule has 0 radical (unpaired) electrons. The van der Waals surface area contributed by atoms with E-state index in [0.717, 1.165) is 5.56 Å². The smallest absolute Gasteiger partial charge is 0.230 e. The van der Waals surface area contributed by atoms with Crippen LogP contribution >= 0.6 is 23.4 Å². The number of amides is 1. The average Bonchev–Trinajstić information content (AvgIpc) is 2.18. The van der Waals surface area contributed by atoms with Crippen LogP contribution in [0.1, 0.15) is 18.5 Å². The van der Waals surface area contributed by atoms with Gasteiger partial charge in [-0.1, -0.05) is 29.8 Å². The van der Waals surface area contributed by atoms with E-state index in [2.05, 4.69) is 5.32 Å². The van der Waals surface area contributed by atoms with Crippen LogP contribution < -0.4 is 5.32 Å². The molecule has 2 nitrogen and oxygen atoms in total. The highest BCUT2D eigenvalue weighted by Crippen LogP contribution is 2.21. The molecular weight excluding hydrogens is 230 g/mol. The van der Waals surface area contributed by atoms with Crippen LogP contribution in [0, 0.1) is 0 Å². The van der Waals surface area contributed by atoms with Gasteiger partial charge in [0, 0.05) is 5.02 Å². The maximum Gasteiger partial charge on any atom is 0.230 e. The molecule has 0 saturated carbocycles. The molecule has 0 spiro atoms. The van der Waals surface area contributed by atoms with E-state index >= 15 is 0 Å². The van der Waals surface area contributed by atoms with Gasteiger partial charge in [0.25, 0.3) is 0 Å². The Morgan fingerprint density at radius 1 is 1.53 bits per heavy atom. The molecule has 1 N–H and O–H groups in total. The Kier molecular flexibility index (Phi) is 4.99. The van der Waals surface area contributed by atoms with Gasteiger partial charge >= 0.3 is 0 Å². The van der Waals surface area contributed by atoms with Crippen molar-refractivity contribution in [3.63, 3.8) is 0 Å². The van der Waals surface area contributed by atoms with E-state index in [1.165, 1.54) is 11.8 Å². The zero-order valence-corrected chi connectivity index (χ0v) is 10.4. The van der Waals surface area contributed by atoms with Crippen LogP contribution in [0.25, 0.3) is 0 Å². The SMILES string of the molecule is CSCC(=O)NC(C)c1ccccc1Cl. The van der Waals surface area contributed by atoms with Gasteiger partial charge in [0.15, 0.2) is 0 Å². The molecule has 15 heavy (non-hydrogen) atoms. The fourth-order valence-electron chi connectivity index (χ4n) is 1.32. The van der Waals surface area contributed by atoms with Gasteiger partial charge in [-0.05, 0) is 24.8 Å². The lowest BCUT2D eigenvalue weighted by molar-refractivity contribution is -0.119. The van der Waals surface area contributed by atoms with Gasteiger partial charge in [0.2, 0.25) is 5.91 Å². The quantitative estimate of drug-likeness (QED) is 0.881. The van der Waals surface area contributed by atoms with Gasteiger partial charge in [-0.2, -0.15) is 11.8 Å². The van der Waals surface area contributed by atoms with Crippen LogP contribution in [0.5, 0.6) is 0 Å². The van der Waals surface area contributed by atoms with E-state index in [4.69, 9.17) is 11.6 Å². The van der Waals surface area contributed by atoms with E-state index in [1.54, 1.807) is 0 Å². The summed E-state index contributed by atoms with van der Waals surface area (Å²) in [7, 11) is 0. The van der Waals surface area contributed by atoms with Gasteiger partial charge < -0.3 is 5.32 Å². The van der Waals surface area contributed by atoms with E-state index < -0.39 is 0 Å². The van der Waals surface area contributed by atoms with E-state index in [0.29, 0.717) is 10.8 Å². The third kappa shape index (κ3) is 3.76. The number of thioether (sulfide) groups is 1. The Balaban J connectivity index is 2.65. The molecule has 1 unspecified atom stereocenters. The van der Waals surface area contributed by atoms with Gasteiger partial charge in [-0.25, -0.2) is 0 Å². The zero-order chi connectivity index (χ0) is 11.3. The standard InChI is InChI=1S/C11H14ClNOS/c1-8(13-11(14)7-15-2)9-5-3-4-6-10(9)12/h3-6,8H,7H2,1-2H3,(H,13,14). The Morgan fingerprint density at radius 2 is 2.20 bits per heavy atom. The van der Waals surface area contributed by atoms with Crippen molar-refractivity contribution in [3.05, 3.63) is 34.9 Å². The van der Waals surface area contributed by atoms with Crippen molar-refractivity contribution in [1.29, 1.82) is 0 Å². The lowest BCUT2D eigenvalue weighted by atomic mass is 10.1. The largest absolute Gasteiger partial charge is 0.349 e. The molecule has 1 aromatic rings. The first kappa shape index (κ1) is 12.4. The predicted molar refractivity (Wildman–Crippen MR) is 66.4 cm³/mol. The normalized spacial score (nSPS) is 12.2. The summed E-state index contributed by atoms with van der Waals surface area (Å²) in [5.74, 6) is 0.518. The second-order valence-corrected chi connectivity index (χ2v) is 4.52. The molecule has 1 aromatic carbocycles. The van der Waals surface area contributed by atoms with Crippen molar-refractivity contribution in [2.24, 2.45) is 0 Å². The first-order valence-corrected chi connectivity index (χ1v) is 6.45. The molecule has 82 valence electrons. The second-order valence-electron chi connectivity index (χ2n) is 3.24. The maximum atomic E-state index is 11.4. The summed E-state index contributed by atoms with van der Waals surface area (Å²) < 4.78 is 0. The van der Waals surface area contributed by atoms with Crippen molar-refractivity contribution in [2.45, 2.75) is 13.0 Å². The van der Waals surface area contributed by atoms with E-state index in [1.807, 2.05) is 37.4 Å². The molecule has 0 aliphatic heterocycles. The maximum absolute atomic E-state index is 11.4. The number of hydrogen-bond acceptors (Lipinski definition) is 2. The van der Waals surface area contributed by atoms with Gasteiger partial charge in [-0.3, -0.25) is 4.79 Å². The van der Waals surface area contributed by atoms with Gasteiger partial charge in [0.1, 0.15) is 0 Å². The summed E-state index contributed by atoms with van der Waals surface area (Å²) in [6, 6.07) is 7.50. The van der Waals surface area contributed by atoms with Crippen LogP contribution in [0.4, 0.5) is 0 Å². The van der Waals surface area contributed by atoms with Crippen LogP contribution in [0.15, 0.2) is 24.3 Å². The minimum atomic E-state index is -0.0432. The van der Waals surface area contributed by atoms with Gasteiger partial charge in [-0.15, -0.1) is 0 Å². The molecule has 1 rings (SSSR count). The molecule has 0 aromatic heterocycles. The zero-order valence-electron chi connectivity index (χ0n) is 8.79. The molecule has 0 heterocycles. The number of halogens is 1. The van der Waals surface area contributed by atoms with Crippen LogP contribution in [0.2, 0.25) is 5.02 Å². The summed E-state index contributed by atoms with van der Waals surface area (Å²) in [6.45, 7) is 1.93. The fourth-order valence-corrected chi connectivity index (χ4v) is 1.96. The van der Waals surface area contributed by atoms with Crippen LogP contribution in [-0.2, 0) is 4.79 Å². The summed E-state index contributed by atoms with van der Waals surface area (Å²) in [5, 5.41) is 3.58. The summed E-state index contributed by atoms with van der Waals surface area (Å²) >= 11 is 7.53. The molecular formula is C11H14ClNOS. The lowest BCUT2D eigenvalue weighted by Gasteiger charge is -2.15. The Morgan fingerprint density at radius 3 is 2.80 bits per heavy atom. The summed E-state index contributed by atoms with van der Waals surface area (Å²) in [4.78, 5) is 11.4. The van der Waals surface area contributed by atoms with Crippen molar-refractivity contribution in [3.8, 4) is 0 Å². The molecule has 0 bridgehead atoms. The highest BCUT2D eigenvalue weighted by atomic mass is 35.5. The topological polar surface area (TPSA) is 29.1 Å². The average molecular weight is 244 g/mol. The van der Waals surface area contributed by atoms with E-state index in [-0.39, 0.29) is 11.9 Å². The molecule has 0 fully saturated rings. The number of carbonyl (C=O) groups excluding carboxylic acids is 1. The Labute approximate surface area is 99.4 Å². The van der Waals surface area contributed by atoms with Crippen LogP contribution in [0.3, 0.4) is 0 Å². The molecule has 4 heteroatoms. The Hall–Kier alpha value is -0.670.